The van der Waals surface area contributed by atoms with Gasteiger partial charge in [0.2, 0.25) is 5.88 Å². The second kappa shape index (κ2) is 7.34. The summed E-state index contributed by atoms with van der Waals surface area (Å²) >= 11 is 0. The van der Waals surface area contributed by atoms with Crippen molar-refractivity contribution in [3.8, 4) is 17.4 Å². The van der Waals surface area contributed by atoms with Crippen LogP contribution in [0.3, 0.4) is 0 Å². The smallest absolute Gasteiger partial charge is 0.416 e. The zero-order chi connectivity index (χ0) is 20.5. The van der Waals surface area contributed by atoms with E-state index in [-0.39, 0.29) is 35.2 Å². The van der Waals surface area contributed by atoms with E-state index in [0.717, 1.165) is 0 Å². The molecule has 1 aliphatic heterocycles. The predicted octanol–water partition coefficient (Wildman–Crippen LogP) is 4.20. The van der Waals surface area contributed by atoms with Crippen LogP contribution in [-0.2, 0) is 6.54 Å². The van der Waals surface area contributed by atoms with Crippen LogP contribution in [0.25, 0.3) is 0 Å². The van der Waals surface area contributed by atoms with Crippen LogP contribution in [0, 0.1) is 11.6 Å². The van der Waals surface area contributed by atoms with Crippen molar-refractivity contribution in [1.29, 1.82) is 0 Å². The minimum absolute atomic E-state index is 0.0159. The Kier molecular flexibility index (Phi) is 4.71. The molecule has 1 atom stereocenters. The molecule has 0 radical (unpaired) electrons. The SMILES string of the molecule is C[C@@H]1c2cc(F)c(Oc3cccnn3)cc2OC(=O)N1Cc1cccc(N)c1F. The Morgan fingerprint density at radius 2 is 2.07 bits per heavy atom. The van der Waals surface area contributed by atoms with Gasteiger partial charge in [-0.2, -0.15) is 5.10 Å². The summed E-state index contributed by atoms with van der Waals surface area (Å²) in [6, 6.07) is 9.60. The highest BCUT2D eigenvalue weighted by atomic mass is 19.1. The van der Waals surface area contributed by atoms with E-state index in [4.69, 9.17) is 15.2 Å². The molecule has 2 aromatic carbocycles. The lowest BCUT2D eigenvalue weighted by molar-refractivity contribution is 0.116. The molecular formula is C20H16F2N4O3. The highest BCUT2D eigenvalue weighted by molar-refractivity contribution is 5.75. The van der Waals surface area contributed by atoms with Crippen LogP contribution >= 0.6 is 0 Å². The van der Waals surface area contributed by atoms with Crippen LogP contribution in [0.2, 0.25) is 0 Å². The minimum Gasteiger partial charge on any atom is -0.434 e. The highest BCUT2D eigenvalue weighted by Crippen LogP contribution is 2.40. The Hall–Kier alpha value is -3.75. The number of fused-ring (bicyclic) bond motifs is 1. The number of carbonyl (C=O) groups excluding carboxylic acids is 1. The first-order valence-corrected chi connectivity index (χ1v) is 8.74. The zero-order valence-electron chi connectivity index (χ0n) is 15.3. The van der Waals surface area contributed by atoms with Crippen molar-refractivity contribution in [3.63, 3.8) is 0 Å². The number of anilines is 1. The molecule has 9 heteroatoms. The van der Waals surface area contributed by atoms with Gasteiger partial charge in [0.05, 0.1) is 18.3 Å². The Balaban J connectivity index is 1.63. The van der Waals surface area contributed by atoms with Gasteiger partial charge in [-0.05, 0) is 25.1 Å². The first kappa shape index (κ1) is 18.6. The molecule has 0 fully saturated rings. The fourth-order valence-corrected chi connectivity index (χ4v) is 3.08. The van der Waals surface area contributed by atoms with Crippen LogP contribution in [0.1, 0.15) is 24.1 Å². The van der Waals surface area contributed by atoms with Gasteiger partial charge in [-0.1, -0.05) is 12.1 Å². The molecule has 2 heterocycles. The minimum atomic E-state index is -0.691. The Morgan fingerprint density at radius 3 is 2.83 bits per heavy atom. The average Bonchev–Trinajstić information content (AvgIpc) is 2.70. The number of hydrogen-bond acceptors (Lipinski definition) is 6. The maximum absolute atomic E-state index is 14.6. The lowest BCUT2D eigenvalue weighted by atomic mass is 10.0. The summed E-state index contributed by atoms with van der Waals surface area (Å²) in [6.07, 6.45) is 0.765. The van der Waals surface area contributed by atoms with E-state index in [2.05, 4.69) is 10.2 Å². The molecule has 0 spiro atoms. The molecule has 0 unspecified atom stereocenters. The van der Waals surface area contributed by atoms with Gasteiger partial charge >= 0.3 is 6.09 Å². The van der Waals surface area contributed by atoms with Gasteiger partial charge in [-0.15, -0.1) is 5.10 Å². The largest absolute Gasteiger partial charge is 0.434 e. The molecule has 148 valence electrons. The third kappa shape index (κ3) is 3.54. The maximum atomic E-state index is 14.6. The second-order valence-electron chi connectivity index (χ2n) is 6.48. The molecule has 0 saturated carbocycles. The second-order valence-corrected chi connectivity index (χ2v) is 6.48. The fraction of sp³-hybridized carbons (Fsp3) is 0.150. The number of benzene rings is 2. The van der Waals surface area contributed by atoms with E-state index in [9.17, 15) is 13.6 Å². The number of hydrogen-bond donors (Lipinski definition) is 1. The zero-order valence-corrected chi connectivity index (χ0v) is 15.3. The Labute approximate surface area is 164 Å². The van der Waals surface area contributed by atoms with E-state index >= 15 is 0 Å². The molecule has 3 aromatic rings. The number of rotatable bonds is 4. The van der Waals surface area contributed by atoms with Crippen LogP contribution in [0.4, 0.5) is 19.3 Å². The van der Waals surface area contributed by atoms with Crippen molar-refractivity contribution in [2.45, 2.75) is 19.5 Å². The van der Waals surface area contributed by atoms with Crippen molar-refractivity contribution in [1.82, 2.24) is 15.1 Å². The van der Waals surface area contributed by atoms with Crippen molar-refractivity contribution in [2.24, 2.45) is 0 Å². The standard InChI is InChI=1S/C20H16F2N4O3/c1-11-13-8-14(21)17(28-18-6-3-7-24-25-18)9-16(13)29-20(27)26(11)10-12-4-2-5-15(23)19(12)22/h2-9,11H,10,23H2,1H3/t11-/m1/s1. The number of aromatic nitrogens is 2. The quantitative estimate of drug-likeness (QED) is 0.662. The van der Waals surface area contributed by atoms with E-state index in [1.807, 2.05) is 0 Å². The van der Waals surface area contributed by atoms with E-state index in [0.29, 0.717) is 5.56 Å². The molecule has 2 N–H and O–H groups in total. The molecule has 0 saturated heterocycles. The Bertz CT molecular complexity index is 1080. The summed E-state index contributed by atoms with van der Waals surface area (Å²) < 4.78 is 39.6. The number of nitrogens with two attached hydrogens (primary N) is 1. The fourth-order valence-electron chi connectivity index (χ4n) is 3.08. The van der Waals surface area contributed by atoms with Crippen LogP contribution in [0.5, 0.6) is 17.4 Å². The first-order valence-electron chi connectivity index (χ1n) is 8.74. The summed E-state index contributed by atoms with van der Waals surface area (Å²) in [7, 11) is 0. The third-order valence-electron chi connectivity index (χ3n) is 4.63. The van der Waals surface area contributed by atoms with E-state index in [1.165, 1.54) is 41.4 Å². The van der Waals surface area contributed by atoms with Gasteiger partial charge in [0, 0.05) is 29.5 Å². The lowest BCUT2D eigenvalue weighted by Gasteiger charge is -2.34. The molecule has 7 nitrogen and oxygen atoms in total. The number of halogens is 2. The van der Waals surface area contributed by atoms with Gasteiger partial charge in [0.15, 0.2) is 17.4 Å². The average molecular weight is 398 g/mol. The number of amides is 1. The molecule has 1 amide bonds. The summed E-state index contributed by atoms with van der Waals surface area (Å²) in [4.78, 5) is 13.8. The molecule has 1 aromatic heterocycles. The normalized spacial score (nSPS) is 15.6. The predicted molar refractivity (Wildman–Crippen MR) is 99.3 cm³/mol. The first-order chi connectivity index (χ1) is 13.9. The monoisotopic (exact) mass is 398 g/mol. The van der Waals surface area contributed by atoms with Crippen molar-refractivity contribution >= 4 is 11.8 Å². The van der Waals surface area contributed by atoms with Crippen molar-refractivity contribution < 1.29 is 23.0 Å². The summed E-state index contributed by atoms with van der Waals surface area (Å²) in [5.74, 6) is -1.15. The summed E-state index contributed by atoms with van der Waals surface area (Å²) in [5, 5.41) is 7.39. The Morgan fingerprint density at radius 1 is 1.24 bits per heavy atom. The number of carbonyl (C=O) groups is 1. The highest BCUT2D eigenvalue weighted by Gasteiger charge is 2.33. The summed E-state index contributed by atoms with van der Waals surface area (Å²) in [6.45, 7) is 1.63. The maximum Gasteiger partial charge on any atom is 0.416 e. The summed E-state index contributed by atoms with van der Waals surface area (Å²) in [5.41, 5.74) is 6.24. The van der Waals surface area contributed by atoms with Crippen molar-refractivity contribution in [2.75, 3.05) is 5.73 Å². The van der Waals surface area contributed by atoms with Crippen LogP contribution in [-0.4, -0.2) is 21.2 Å². The van der Waals surface area contributed by atoms with Gasteiger partial charge in [0.25, 0.3) is 0 Å². The van der Waals surface area contributed by atoms with Gasteiger partial charge in [-0.3, -0.25) is 4.90 Å². The molecule has 0 bridgehead atoms. The van der Waals surface area contributed by atoms with Crippen molar-refractivity contribution in [3.05, 3.63) is 71.4 Å². The molecule has 1 aliphatic rings. The van der Waals surface area contributed by atoms with Gasteiger partial charge in [-0.25, -0.2) is 13.6 Å². The number of ether oxygens (including phenoxy) is 2. The topological polar surface area (TPSA) is 90.6 Å². The van der Waals surface area contributed by atoms with E-state index < -0.39 is 23.8 Å². The van der Waals surface area contributed by atoms with Crippen LogP contribution in [0.15, 0.2) is 48.7 Å². The van der Waals surface area contributed by atoms with E-state index in [1.54, 1.807) is 19.1 Å². The van der Waals surface area contributed by atoms with Gasteiger partial charge < -0.3 is 15.2 Å². The molecular weight excluding hydrogens is 382 g/mol. The lowest BCUT2D eigenvalue weighted by Crippen LogP contribution is -2.39. The van der Waals surface area contributed by atoms with Gasteiger partial charge in [0.1, 0.15) is 5.75 Å². The van der Waals surface area contributed by atoms with Crippen LogP contribution < -0.4 is 15.2 Å². The number of nitrogens with zero attached hydrogens (tertiary/aromatic N) is 3. The third-order valence-corrected chi connectivity index (χ3v) is 4.63. The molecule has 4 rings (SSSR count). The molecule has 0 aliphatic carbocycles. The number of nitrogen functional groups attached to an aromatic ring is 1. The molecule has 29 heavy (non-hydrogen) atoms.